The molecule has 0 aliphatic heterocycles. The van der Waals surface area contributed by atoms with Crippen molar-refractivity contribution in [1.29, 1.82) is 0 Å². The summed E-state index contributed by atoms with van der Waals surface area (Å²) >= 11 is 0. The summed E-state index contributed by atoms with van der Waals surface area (Å²) in [6, 6.07) is 7.75. The summed E-state index contributed by atoms with van der Waals surface area (Å²) < 4.78 is 5.67. The van der Waals surface area contributed by atoms with E-state index in [1.807, 2.05) is 45.0 Å². The van der Waals surface area contributed by atoms with Crippen molar-refractivity contribution in [3.63, 3.8) is 0 Å². The third kappa shape index (κ3) is 5.89. The monoisotopic (exact) mass is 276 g/mol. The molecule has 0 aliphatic carbocycles. The summed E-state index contributed by atoms with van der Waals surface area (Å²) in [7, 11) is 0. The van der Waals surface area contributed by atoms with E-state index in [2.05, 4.69) is 17.2 Å². The largest absolute Gasteiger partial charge is 0.492 e. The Bertz CT molecular complexity index is 429. The SMILES string of the molecule is C=CCNC(=O)C(C)NC(C)COc1ccc(C)cc1. The Kier molecular flexibility index (Phi) is 6.81. The van der Waals surface area contributed by atoms with Gasteiger partial charge in [-0.3, -0.25) is 4.79 Å². The first-order valence-corrected chi connectivity index (χ1v) is 6.87. The second-order valence-electron chi connectivity index (χ2n) is 4.95. The van der Waals surface area contributed by atoms with Crippen LogP contribution in [0.25, 0.3) is 0 Å². The van der Waals surface area contributed by atoms with E-state index in [0.29, 0.717) is 13.2 Å². The van der Waals surface area contributed by atoms with Gasteiger partial charge in [0.2, 0.25) is 5.91 Å². The molecule has 1 amide bonds. The zero-order valence-electron chi connectivity index (χ0n) is 12.5. The van der Waals surface area contributed by atoms with Gasteiger partial charge in [0, 0.05) is 12.6 Å². The van der Waals surface area contributed by atoms with E-state index >= 15 is 0 Å². The molecule has 0 fully saturated rings. The van der Waals surface area contributed by atoms with Crippen molar-refractivity contribution in [3.8, 4) is 5.75 Å². The molecule has 1 aromatic carbocycles. The van der Waals surface area contributed by atoms with Crippen molar-refractivity contribution in [2.75, 3.05) is 13.2 Å². The summed E-state index contributed by atoms with van der Waals surface area (Å²) in [5, 5.41) is 5.96. The van der Waals surface area contributed by atoms with Gasteiger partial charge in [-0.25, -0.2) is 0 Å². The number of hydrogen-bond acceptors (Lipinski definition) is 3. The topological polar surface area (TPSA) is 50.4 Å². The average Bonchev–Trinajstić information content (AvgIpc) is 2.44. The summed E-state index contributed by atoms with van der Waals surface area (Å²) in [5.74, 6) is 0.806. The summed E-state index contributed by atoms with van der Waals surface area (Å²) in [4.78, 5) is 11.7. The first kappa shape index (κ1) is 16.2. The Balaban J connectivity index is 2.32. The molecule has 110 valence electrons. The van der Waals surface area contributed by atoms with Gasteiger partial charge < -0.3 is 15.4 Å². The maximum absolute atomic E-state index is 11.7. The van der Waals surface area contributed by atoms with E-state index in [0.717, 1.165) is 5.75 Å². The van der Waals surface area contributed by atoms with Crippen LogP contribution >= 0.6 is 0 Å². The highest BCUT2D eigenvalue weighted by Gasteiger charge is 2.14. The van der Waals surface area contributed by atoms with E-state index in [1.165, 1.54) is 5.56 Å². The smallest absolute Gasteiger partial charge is 0.237 e. The lowest BCUT2D eigenvalue weighted by atomic mass is 10.2. The van der Waals surface area contributed by atoms with Gasteiger partial charge in [0.05, 0.1) is 6.04 Å². The van der Waals surface area contributed by atoms with Crippen LogP contribution in [0.3, 0.4) is 0 Å². The molecule has 0 heterocycles. The fourth-order valence-corrected chi connectivity index (χ4v) is 1.73. The van der Waals surface area contributed by atoms with Crippen LogP contribution in [0.15, 0.2) is 36.9 Å². The number of hydrogen-bond donors (Lipinski definition) is 2. The van der Waals surface area contributed by atoms with Crippen molar-refractivity contribution in [3.05, 3.63) is 42.5 Å². The molecule has 1 aromatic rings. The highest BCUT2D eigenvalue weighted by molar-refractivity contribution is 5.81. The number of aryl methyl sites for hydroxylation is 1. The number of nitrogens with one attached hydrogen (secondary N) is 2. The van der Waals surface area contributed by atoms with Crippen LogP contribution < -0.4 is 15.4 Å². The molecule has 1 rings (SSSR count). The van der Waals surface area contributed by atoms with E-state index in [9.17, 15) is 4.79 Å². The fraction of sp³-hybridized carbons (Fsp3) is 0.438. The molecule has 2 atom stereocenters. The Labute approximate surface area is 121 Å². The quantitative estimate of drug-likeness (QED) is 0.714. The molecule has 0 aliphatic rings. The minimum absolute atomic E-state index is 0.0351. The molecule has 0 spiro atoms. The first-order chi connectivity index (χ1) is 9.52. The predicted octanol–water partition coefficient (Wildman–Crippen LogP) is 2.04. The maximum atomic E-state index is 11.7. The zero-order valence-corrected chi connectivity index (χ0v) is 12.5. The third-order valence-electron chi connectivity index (χ3n) is 2.87. The number of amides is 1. The molecule has 0 aromatic heterocycles. The number of ether oxygens (including phenoxy) is 1. The zero-order chi connectivity index (χ0) is 15.0. The minimum Gasteiger partial charge on any atom is -0.492 e. The van der Waals surface area contributed by atoms with Gasteiger partial charge in [-0.15, -0.1) is 6.58 Å². The standard InChI is InChI=1S/C16H24N2O2/c1-5-10-17-16(19)14(4)18-13(3)11-20-15-8-6-12(2)7-9-15/h5-9,13-14,18H,1,10-11H2,2-4H3,(H,17,19). The van der Waals surface area contributed by atoms with E-state index < -0.39 is 0 Å². The van der Waals surface area contributed by atoms with Gasteiger partial charge in [-0.1, -0.05) is 23.8 Å². The minimum atomic E-state index is -0.258. The van der Waals surface area contributed by atoms with Crippen molar-refractivity contribution < 1.29 is 9.53 Å². The van der Waals surface area contributed by atoms with Gasteiger partial charge in [-0.05, 0) is 32.9 Å². The van der Waals surface area contributed by atoms with E-state index in [-0.39, 0.29) is 18.0 Å². The lowest BCUT2D eigenvalue weighted by Crippen LogP contribution is -2.47. The van der Waals surface area contributed by atoms with Crippen LogP contribution in [0.1, 0.15) is 19.4 Å². The molecule has 2 N–H and O–H groups in total. The van der Waals surface area contributed by atoms with Crippen LogP contribution in [0, 0.1) is 6.92 Å². The molecule has 20 heavy (non-hydrogen) atoms. The summed E-state index contributed by atoms with van der Waals surface area (Å²) in [6.07, 6.45) is 1.66. The second-order valence-corrected chi connectivity index (χ2v) is 4.95. The van der Waals surface area contributed by atoms with Crippen molar-refractivity contribution in [2.24, 2.45) is 0 Å². The highest BCUT2D eigenvalue weighted by Crippen LogP contribution is 2.11. The fourth-order valence-electron chi connectivity index (χ4n) is 1.73. The Morgan fingerprint density at radius 2 is 2.00 bits per heavy atom. The second kappa shape index (κ2) is 8.38. The molecule has 4 heteroatoms. The summed E-state index contributed by atoms with van der Waals surface area (Å²) in [6.45, 7) is 10.4. The lowest BCUT2D eigenvalue weighted by molar-refractivity contribution is -0.122. The Morgan fingerprint density at radius 1 is 1.35 bits per heavy atom. The molecule has 0 saturated heterocycles. The number of benzene rings is 1. The molecular formula is C16H24N2O2. The van der Waals surface area contributed by atoms with E-state index in [4.69, 9.17) is 4.74 Å². The normalized spacial score (nSPS) is 13.3. The van der Waals surface area contributed by atoms with Crippen LogP contribution in [0.4, 0.5) is 0 Å². The van der Waals surface area contributed by atoms with Crippen molar-refractivity contribution >= 4 is 5.91 Å². The lowest BCUT2D eigenvalue weighted by Gasteiger charge is -2.19. The van der Waals surface area contributed by atoms with Gasteiger partial charge in [0.1, 0.15) is 12.4 Å². The molecule has 0 saturated carbocycles. The molecular weight excluding hydrogens is 252 g/mol. The first-order valence-electron chi connectivity index (χ1n) is 6.87. The molecule has 4 nitrogen and oxygen atoms in total. The number of rotatable bonds is 8. The third-order valence-corrected chi connectivity index (χ3v) is 2.87. The van der Waals surface area contributed by atoms with Crippen LogP contribution in [0.5, 0.6) is 5.75 Å². The van der Waals surface area contributed by atoms with Gasteiger partial charge in [-0.2, -0.15) is 0 Å². The Morgan fingerprint density at radius 3 is 2.60 bits per heavy atom. The molecule has 0 bridgehead atoms. The predicted molar refractivity (Wildman–Crippen MR) is 81.9 cm³/mol. The molecule has 0 radical (unpaired) electrons. The Hall–Kier alpha value is -1.81. The van der Waals surface area contributed by atoms with Crippen molar-refractivity contribution in [1.82, 2.24) is 10.6 Å². The number of carbonyl (C=O) groups is 1. The highest BCUT2D eigenvalue weighted by atomic mass is 16.5. The van der Waals surface area contributed by atoms with Crippen LogP contribution in [-0.2, 0) is 4.79 Å². The van der Waals surface area contributed by atoms with Crippen LogP contribution in [-0.4, -0.2) is 31.1 Å². The van der Waals surface area contributed by atoms with Crippen molar-refractivity contribution in [2.45, 2.75) is 32.9 Å². The van der Waals surface area contributed by atoms with Crippen LogP contribution in [0.2, 0.25) is 0 Å². The van der Waals surface area contributed by atoms with Gasteiger partial charge >= 0.3 is 0 Å². The average molecular weight is 276 g/mol. The summed E-state index contributed by atoms with van der Waals surface area (Å²) in [5.41, 5.74) is 1.20. The van der Waals surface area contributed by atoms with E-state index in [1.54, 1.807) is 6.08 Å². The number of carbonyl (C=O) groups excluding carboxylic acids is 1. The molecule has 2 unspecified atom stereocenters. The van der Waals surface area contributed by atoms with Gasteiger partial charge in [0.25, 0.3) is 0 Å². The maximum Gasteiger partial charge on any atom is 0.237 e. The van der Waals surface area contributed by atoms with Gasteiger partial charge in [0.15, 0.2) is 0 Å².